The summed E-state index contributed by atoms with van der Waals surface area (Å²) in [5, 5.41) is 7.55. The lowest BCUT2D eigenvalue weighted by Crippen LogP contribution is -2.50. The highest BCUT2D eigenvalue weighted by atomic mass is 16.7. The van der Waals surface area contributed by atoms with Crippen LogP contribution in [0.15, 0.2) is 77.7 Å². The van der Waals surface area contributed by atoms with Crippen LogP contribution in [0.3, 0.4) is 0 Å². The highest BCUT2D eigenvalue weighted by molar-refractivity contribution is 5.95. The van der Waals surface area contributed by atoms with Gasteiger partial charge in [-0.05, 0) is 49.4 Å². The lowest BCUT2D eigenvalue weighted by Gasteiger charge is -2.34. The molecule has 1 fully saturated rings. The normalized spacial score (nSPS) is 14.0. The number of amides is 2. The molecule has 42 heavy (non-hydrogen) atoms. The monoisotopic (exact) mass is 567 g/mol. The Balaban J connectivity index is 1.31. The molecule has 3 aromatic carbocycles. The Morgan fingerprint density at radius 3 is 2.40 bits per heavy atom. The number of fused-ring (bicyclic) bond motifs is 1. The van der Waals surface area contributed by atoms with Crippen LogP contribution in [0.5, 0.6) is 23.0 Å². The van der Waals surface area contributed by atoms with E-state index in [2.05, 4.69) is 10.4 Å². The minimum absolute atomic E-state index is 0.000659. The number of aromatic nitrogens is 2. The number of anilines is 2. The van der Waals surface area contributed by atoms with Crippen LogP contribution in [0.25, 0.3) is 5.69 Å². The minimum atomic E-state index is -0.436. The van der Waals surface area contributed by atoms with E-state index in [4.69, 9.17) is 14.2 Å². The molecule has 0 aliphatic carbocycles. The third-order valence-electron chi connectivity index (χ3n) is 7.18. The van der Waals surface area contributed by atoms with Crippen LogP contribution in [0.4, 0.5) is 11.4 Å². The van der Waals surface area contributed by atoms with Crippen LogP contribution in [0.2, 0.25) is 0 Å². The van der Waals surface area contributed by atoms with E-state index in [1.54, 1.807) is 52.3 Å². The second kappa shape index (κ2) is 11.3. The molecule has 0 atom stereocenters. The Labute approximate surface area is 241 Å². The fourth-order valence-corrected chi connectivity index (χ4v) is 4.85. The molecule has 214 valence electrons. The summed E-state index contributed by atoms with van der Waals surface area (Å²) < 4.78 is 18.3. The molecule has 0 saturated carbocycles. The van der Waals surface area contributed by atoms with Gasteiger partial charge in [0, 0.05) is 50.4 Å². The maximum atomic E-state index is 13.8. The Morgan fingerprint density at radius 1 is 0.905 bits per heavy atom. The standard InChI is InChI=1S/C31H29N5O6/c1-20-6-8-24(9-7-20)36-31(39)29(28(18-32-36)42-25-10-11-26-27(17-25)41-19-40-26)33-23-5-3-4-22(16-23)30(38)35-14-12-34(13-15-35)21(2)37/h3-11,16-18,33H,12-15,19H2,1-2H3. The Kier molecular flexibility index (Phi) is 7.22. The molecular weight excluding hydrogens is 538 g/mol. The average molecular weight is 568 g/mol. The number of rotatable bonds is 6. The number of benzene rings is 3. The molecule has 0 bridgehead atoms. The summed E-state index contributed by atoms with van der Waals surface area (Å²) in [4.78, 5) is 42.2. The number of ether oxygens (including phenoxy) is 3. The zero-order chi connectivity index (χ0) is 29.2. The first-order chi connectivity index (χ1) is 20.4. The van der Waals surface area contributed by atoms with Gasteiger partial charge in [0.25, 0.3) is 11.5 Å². The van der Waals surface area contributed by atoms with Gasteiger partial charge in [0.2, 0.25) is 12.7 Å². The molecule has 11 heteroatoms. The average Bonchev–Trinajstić information content (AvgIpc) is 3.47. The van der Waals surface area contributed by atoms with Crippen molar-refractivity contribution in [3.63, 3.8) is 0 Å². The highest BCUT2D eigenvalue weighted by Gasteiger charge is 2.24. The predicted octanol–water partition coefficient (Wildman–Crippen LogP) is 4.11. The maximum Gasteiger partial charge on any atom is 0.299 e. The first kappa shape index (κ1) is 26.9. The van der Waals surface area contributed by atoms with Gasteiger partial charge in [-0.15, -0.1) is 0 Å². The first-order valence-corrected chi connectivity index (χ1v) is 13.5. The van der Waals surface area contributed by atoms with E-state index in [0.717, 1.165) is 5.56 Å². The van der Waals surface area contributed by atoms with E-state index in [0.29, 0.717) is 60.4 Å². The van der Waals surface area contributed by atoms with Gasteiger partial charge < -0.3 is 29.3 Å². The van der Waals surface area contributed by atoms with Crippen molar-refractivity contribution in [2.75, 3.05) is 38.3 Å². The van der Waals surface area contributed by atoms with Crippen LogP contribution in [-0.2, 0) is 4.79 Å². The molecular formula is C31H29N5O6. The molecule has 0 radical (unpaired) electrons. The Bertz CT molecular complexity index is 1710. The summed E-state index contributed by atoms with van der Waals surface area (Å²) in [5.74, 6) is 1.63. The van der Waals surface area contributed by atoms with Gasteiger partial charge in [0.05, 0.1) is 11.9 Å². The van der Waals surface area contributed by atoms with Crippen molar-refractivity contribution in [3.05, 3.63) is 94.4 Å². The van der Waals surface area contributed by atoms with E-state index in [-0.39, 0.29) is 30.0 Å². The maximum absolute atomic E-state index is 13.8. The molecule has 1 N–H and O–H groups in total. The van der Waals surface area contributed by atoms with E-state index in [1.165, 1.54) is 17.8 Å². The Hall–Kier alpha value is -5.32. The molecule has 0 spiro atoms. The molecule has 2 amide bonds. The van der Waals surface area contributed by atoms with Gasteiger partial charge in [0.15, 0.2) is 22.9 Å². The number of hydrogen-bond donors (Lipinski definition) is 1. The second-order valence-electron chi connectivity index (χ2n) is 10.1. The molecule has 6 rings (SSSR count). The van der Waals surface area contributed by atoms with Crippen molar-refractivity contribution in [3.8, 4) is 28.7 Å². The van der Waals surface area contributed by atoms with Crippen LogP contribution >= 0.6 is 0 Å². The van der Waals surface area contributed by atoms with E-state index in [1.807, 2.05) is 31.2 Å². The van der Waals surface area contributed by atoms with Crippen molar-refractivity contribution in [1.82, 2.24) is 19.6 Å². The summed E-state index contributed by atoms with van der Waals surface area (Å²) >= 11 is 0. The quantitative estimate of drug-likeness (QED) is 0.370. The summed E-state index contributed by atoms with van der Waals surface area (Å²) in [6.07, 6.45) is 1.47. The minimum Gasteiger partial charge on any atom is -0.454 e. The third kappa shape index (κ3) is 5.49. The predicted molar refractivity (Wildman–Crippen MR) is 155 cm³/mol. The molecule has 11 nitrogen and oxygen atoms in total. The van der Waals surface area contributed by atoms with Crippen LogP contribution in [0.1, 0.15) is 22.8 Å². The van der Waals surface area contributed by atoms with Crippen molar-refractivity contribution in [1.29, 1.82) is 0 Å². The SMILES string of the molecule is CC(=O)N1CCN(C(=O)c2cccc(Nc3c(Oc4ccc5c(c4)OCO5)cnn(-c4ccc(C)cc4)c3=O)c2)CC1. The zero-order valence-electron chi connectivity index (χ0n) is 23.2. The van der Waals surface area contributed by atoms with Gasteiger partial charge in [-0.2, -0.15) is 9.78 Å². The Morgan fingerprint density at radius 2 is 1.64 bits per heavy atom. The van der Waals surface area contributed by atoms with Crippen molar-refractivity contribution >= 4 is 23.2 Å². The van der Waals surface area contributed by atoms with Gasteiger partial charge in [0.1, 0.15) is 5.75 Å². The number of hydrogen-bond acceptors (Lipinski definition) is 8. The topological polar surface area (TPSA) is 115 Å². The van der Waals surface area contributed by atoms with Gasteiger partial charge in [-0.25, -0.2) is 0 Å². The van der Waals surface area contributed by atoms with Crippen molar-refractivity contribution < 1.29 is 23.8 Å². The zero-order valence-corrected chi connectivity index (χ0v) is 23.2. The third-order valence-corrected chi connectivity index (χ3v) is 7.18. The molecule has 2 aliphatic heterocycles. The van der Waals surface area contributed by atoms with Gasteiger partial charge in [-0.1, -0.05) is 23.8 Å². The van der Waals surface area contributed by atoms with Crippen molar-refractivity contribution in [2.45, 2.75) is 13.8 Å². The lowest BCUT2D eigenvalue weighted by molar-refractivity contribution is -0.130. The first-order valence-electron chi connectivity index (χ1n) is 13.5. The molecule has 1 saturated heterocycles. The molecule has 0 unspecified atom stereocenters. The summed E-state index contributed by atoms with van der Waals surface area (Å²) in [6.45, 7) is 5.52. The van der Waals surface area contributed by atoms with E-state index < -0.39 is 5.56 Å². The fourth-order valence-electron chi connectivity index (χ4n) is 4.85. The van der Waals surface area contributed by atoms with Gasteiger partial charge >= 0.3 is 0 Å². The second-order valence-corrected chi connectivity index (χ2v) is 10.1. The van der Waals surface area contributed by atoms with Crippen LogP contribution < -0.4 is 25.1 Å². The van der Waals surface area contributed by atoms with E-state index >= 15 is 0 Å². The smallest absolute Gasteiger partial charge is 0.299 e. The number of nitrogens with zero attached hydrogens (tertiary/aromatic N) is 4. The number of aryl methyl sites for hydroxylation is 1. The number of carbonyl (C=O) groups is 2. The molecule has 2 aliphatic rings. The summed E-state index contributed by atoms with van der Waals surface area (Å²) in [7, 11) is 0. The van der Waals surface area contributed by atoms with Crippen molar-refractivity contribution in [2.24, 2.45) is 0 Å². The highest BCUT2D eigenvalue weighted by Crippen LogP contribution is 2.37. The number of carbonyl (C=O) groups excluding carboxylic acids is 2. The molecule has 1 aromatic heterocycles. The van der Waals surface area contributed by atoms with Gasteiger partial charge in [-0.3, -0.25) is 14.4 Å². The number of nitrogens with one attached hydrogen (secondary N) is 1. The lowest BCUT2D eigenvalue weighted by atomic mass is 10.1. The van der Waals surface area contributed by atoms with Crippen LogP contribution in [-0.4, -0.2) is 64.4 Å². The fraction of sp³-hybridized carbons (Fsp3) is 0.226. The molecule has 3 heterocycles. The summed E-state index contributed by atoms with van der Waals surface area (Å²) in [5.41, 5.74) is 2.34. The summed E-state index contributed by atoms with van der Waals surface area (Å²) in [6, 6.07) is 19.5. The molecule has 4 aromatic rings. The number of piperazine rings is 1. The largest absolute Gasteiger partial charge is 0.454 e. The van der Waals surface area contributed by atoms with E-state index in [9.17, 15) is 14.4 Å². The van der Waals surface area contributed by atoms with Crippen LogP contribution in [0, 0.1) is 6.92 Å².